The Morgan fingerprint density at radius 3 is 2.52 bits per heavy atom. The van der Waals surface area contributed by atoms with E-state index in [9.17, 15) is 9.59 Å². The standard InChI is InChI=1S/C16H29N3O2/c1-6-13-16(21)19(14(10(2)3)15(20)17-13)12-7-8-18(5)11(4)9-12/h10-14H,6-9H2,1-5H3,(H,17,20). The normalized spacial score (nSPS) is 35.2. The molecule has 0 radical (unpaired) electrons. The third-order valence-electron chi connectivity index (χ3n) is 5.05. The molecule has 2 heterocycles. The third kappa shape index (κ3) is 3.07. The van der Waals surface area contributed by atoms with Gasteiger partial charge in [0.1, 0.15) is 12.1 Å². The largest absolute Gasteiger partial charge is 0.343 e. The van der Waals surface area contributed by atoms with Crippen molar-refractivity contribution < 1.29 is 9.59 Å². The van der Waals surface area contributed by atoms with Gasteiger partial charge in [0, 0.05) is 18.6 Å². The summed E-state index contributed by atoms with van der Waals surface area (Å²) in [4.78, 5) is 29.5. The van der Waals surface area contributed by atoms with Crippen molar-refractivity contribution in [3.63, 3.8) is 0 Å². The molecule has 21 heavy (non-hydrogen) atoms. The second-order valence-corrected chi connectivity index (χ2v) is 6.91. The summed E-state index contributed by atoms with van der Waals surface area (Å²) < 4.78 is 0. The van der Waals surface area contributed by atoms with Gasteiger partial charge in [-0.25, -0.2) is 0 Å². The van der Waals surface area contributed by atoms with Gasteiger partial charge in [-0.1, -0.05) is 20.8 Å². The number of nitrogens with one attached hydrogen (secondary N) is 1. The molecule has 0 spiro atoms. The molecule has 0 aromatic rings. The van der Waals surface area contributed by atoms with Crippen LogP contribution in [0, 0.1) is 5.92 Å². The molecule has 1 N–H and O–H groups in total. The molecule has 0 saturated carbocycles. The van der Waals surface area contributed by atoms with Crippen molar-refractivity contribution in [1.29, 1.82) is 0 Å². The van der Waals surface area contributed by atoms with Gasteiger partial charge in [0.25, 0.3) is 0 Å². The van der Waals surface area contributed by atoms with Gasteiger partial charge in [0.2, 0.25) is 11.8 Å². The van der Waals surface area contributed by atoms with Crippen LogP contribution in [0.3, 0.4) is 0 Å². The quantitative estimate of drug-likeness (QED) is 0.852. The van der Waals surface area contributed by atoms with Crippen LogP contribution in [0.4, 0.5) is 0 Å². The molecule has 4 unspecified atom stereocenters. The number of piperazine rings is 1. The zero-order chi connectivity index (χ0) is 15.7. The number of carbonyl (C=O) groups is 2. The van der Waals surface area contributed by atoms with Crippen LogP contribution in [0.2, 0.25) is 0 Å². The fourth-order valence-electron chi connectivity index (χ4n) is 3.59. The summed E-state index contributed by atoms with van der Waals surface area (Å²) in [5.74, 6) is 0.266. The number of likely N-dealkylation sites (tertiary alicyclic amines) is 1. The highest BCUT2D eigenvalue weighted by Gasteiger charge is 2.45. The molecule has 0 aliphatic carbocycles. The summed E-state index contributed by atoms with van der Waals surface area (Å²) in [5, 5.41) is 2.90. The molecule has 0 aromatic heterocycles. The Bertz CT molecular complexity index is 410. The average Bonchev–Trinajstić information content (AvgIpc) is 2.43. The molecule has 0 aromatic carbocycles. The first-order chi connectivity index (χ1) is 9.86. The van der Waals surface area contributed by atoms with E-state index < -0.39 is 0 Å². The zero-order valence-corrected chi connectivity index (χ0v) is 13.9. The highest BCUT2D eigenvalue weighted by molar-refractivity contribution is 5.97. The first-order valence-electron chi connectivity index (χ1n) is 8.19. The Kier molecular flexibility index (Phi) is 4.91. The number of piperidine rings is 1. The van der Waals surface area contributed by atoms with Gasteiger partial charge < -0.3 is 15.1 Å². The maximum Gasteiger partial charge on any atom is 0.246 e. The van der Waals surface area contributed by atoms with Crippen molar-refractivity contribution in [2.75, 3.05) is 13.6 Å². The van der Waals surface area contributed by atoms with E-state index in [1.807, 2.05) is 25.7 Å². The summed E-state index contributed by atoms with van der Waals surface area (Å²) in [6, 6.07) is -0.0194. The number of hydrogen-bond donors (Lipinski definition) is 1. The predicted molar refractivity (Wildman–Crippen MR) is 82.8 cm³/mol. The van der Waals surface area contributed by atoms with Gasteiger partial charge in [-0.3, -0.25) is 9.59 Å². The van der Waals surface area contributed by atoms with Gasteiger partial charge in [-0.05, 0) is 39.2 Å². The minimum Gasteiger partial charge on any atom is -0.343 e. The smallest absolute Gasteiger partial charge is 0.246 e. The Morgan fingerprint density at radius 2 is 2.00 bits per heavy atom. The van der Waals surface area contributed by atoms with Crippen molar-refractivity contribution >= 4 is 11.8 Å². The zero-order valence-electron chi connectivity index (χ0n) is 13.9. The second-order valence-electron chi connectivity index (χ2n) is 6.91. The van der Waals surface area contributed by atoms with E-state index in [0.717, 1.165) is 19.4 Å². The number of hydrogen-bond acceptors (Lipinski definition) is 3. The lowest BCUT2D eigenvalue weighted by molar-refractivity contribution is -0.155. The van der Waals surface area contributed by atoms with E-state index >= 15 is 0 Å². The number of nitrogens with zero attached hydrogens (tertiary/aromatic N) is 2. The molecule has 2 amide bonds. The van der Waals surface area contributed by atoms with E-state index in [1.165, 1.54) is 0 Å². The lowest BCUT2D eigenvalue weighted by Crippen LogP contribution is -2.68. The van der Waals surface area contributed by atoms with Crippen molar-refractivity contribution in [3.8, 4) is 0 Å². The van der Waals surface area contributed by atoms with Crippen LogP contribution in [-0.2, 0) is 9.59 Å². The number of amides is 2. The predicted octanol–water partition coefficient (Wildman–Crippen LogP) is 1.23. The molecule has 2 rings (SSSR count). The Balaban J connectivity index is 2.26. The van der Waals surface area contributed by atoms with Crippen LogP contribution >= 0.6 is 0 Å². The molecule has 2 fully saturated rings. The molecular formula is C16H29N3O2. The highest BCUT2D eigenvalue weighted by Crippen LogP contribution is 2.28. The van der Waals surface area contributed by atoms with Crippen LogP contribution in [-0.4, -0.2) is 59.4 Å². The Morgan fingerprint density at radius 1 is 1.33 bits per heavy atom. The van der Waals surface area contributed by atoms with Crippen LogP contribution < -0.4 is 5.32 Å². The minimum atomic E-state index is -0.345. The van der Waals surface area contributed by atoms with Crippen molar-refractivity contribution in [3.05, 3.63) is 0 Å². The van der Waals surface area contributed by atoms with Crippen LogP contribution in [0.5, 0.6) is 0 Å². The van der Waals surface area contributed by atoms with Gasteiger partial charge >= 0.3 is 0 Å². The van der Waals surface area contributed by atoms with Crippen LogP contribution in [0.1, 0.15) is 47.0 Å². The van der Waals surface area contributed by atoms with Gasteiger partial charge in [-0.15, -0.1) is 0 Å². The van der Waals surface area contributed by atoms with Crippen molar-refractivity contribution in [2.45, 2.75) is 71.1 Å². The van der Waals surface area contributed by atoms with E-state index in [0.29, 0.717) is 12.5 Å². The summed E-state index contributed by atoms with van der Waals surface area (Å²) in [7, 11) is 2.13. The number of rotatable bonds is 3. The maximum absolute atomic E-state index is 12.8. The molecule has 5 nitrogen and oxygen atoms in total. The topological polar surface area (TPSA) is 52.7 Å². The van der Waals surface area contributed by atoms with E-state index in [1.54, 1.807) is 0 Å². The summed E-state index contributed by atoms with van der Waals surface area (Å²) in [6.45, 7) is 9.18. The van der Waals surface area contributed by atoms with E-state index in [4.69, 9.17) is 0 Å². The molecular weight excluding hydrogens is 266 g/mol. The summed E-state index contributed by atoms with van der Waals surface area (Å²) in [6.07, 6.45) is 2.57. The molecule has 5 heteroatoms. The molecule has 120 valence electrons. The summed E-state index contributed by atoms with van der Waals surface area (Å²) in [5.41, 5.74) is 0. The summed E-state index contributed by atoms with van der Waals surface area (Å²) >= 11 is 0. The molecule has 2 saturated heterocycles. The van der Waals surface area contributed by atoms with Crippen LogP contribution in [0.25, 0.3) is 0 Å². The fourth-order valence-corrected chi connectivity index (χ4v) is 3.59. The highest BCUT2D eigenvalue weighted by atomic mass is 16.2. The van der Waals surface area contributed by atoms with Gasteiger partial charge in [0.15, 0.2) is 0 Å². The first-order valence-corrected chi connectivity index (χ1v) is 8.19. The van der Waals surface area contributed by atoms with Gasteiger partial charge in [-0.2, -0.15) is 0 Å². The monoisotopic (exact) mass is 295 g/mol. The van der Waals surface area contributed by atoms with Crippen molar-refractivity contribution in [1.82, 2.24) is 15.1 Å². The second kappa shape index (κ2) is 6.34. The SMILES string of the molecule is CCC1NC(=O)C(C(C)C)N(C2CCN(C)C(C)C2)C1=O. The van der Waals surface area contributed by atoms with Gasteiger partial charge in [0.05, 0.1) is 0 Å². The van der Waals surface area contributed by atoms with Crippen molar-refractivity contribution in [2.24, 2.45) is 5.92 Å². The van der Waals surface area contributed by atoms with Crippen LogP contribution in [0.15, 0.2) is 0 Å². The van der Waals surface area contributed by atoms with E-state index in [-0.39, 0.29) is 35.9 Å². The number of carbonyl (C=O) groups excluding carboxylic acids is 2. The van der Waals surface area contributed by atoms with E-state index in [2.05, 4.69) is 24.2 Å². The molecule has 4 atom stereocenters. The molecule has 2 aliphatic heterocycles. The first kappa shape index (κ1) is 16.3. The lowest BCUT2D eigenvalue weighted by Gasteiger charge is -2.48. The Hall–Kier alpha value is -1.10. The third-order valence-corrected chi connectivity index (χ3v) is 5.05. The molecule has 2 aliphatic rings. The minimum absolute atomic E-state index is 0.0167. The maximum atomic E-state index is 12.8. The average molecular weight is 295 g/mol. The fraction of sp³-hybridized carbons (Fsp3) is 0.875. The Labute approximate surface area is 128 Å². The lowest BCUT2D eigenvalue weighted by atomic mass is 9.89. The molecule has 0 bridgehead atoms.